The fraction of sp³-hybridized carbons (Fsp3) is 0.471. The molecule has 1 N–H and O–H groups in total. The number of nitrogens with one attached hydrogen (secondary N) is 1. The number of rotatable bonds is 1. The predicted octanol–water partition coefficient (Wildman–Crippen LogP) is 3.03. The van der Waals surface area contributed by atoms with Crippen LogP contribution in [0.3, 0.4) is 0 Å². The summed E-state index contributed by atoms with van der Waals surface area (Å²) in [4.78, 5) is 18.0. The molecule has 0 unspecified atom stereocenters. The molecule has 1 aliphatic heterocycles. The van der Waals surface area contributed by atoms with Gasteiger partial charge in [0.25, 0.3) is 5.91 Å². The number of morpholine rings is 1. The highest BCUT2D eigenvalue weighted by atomic mass is 16.5. The van der Waals surface area contributed by atoms with E-state index in [9.17, 15) is 4.79 Å². The van der Waals surface area contributed by atoms with E-state index in [1.807, 2.05) is 36.9 Å². The zero-order valence-corrected chi connectivity index (χ0v) is 13.1. The molecule has 2 heterocycles. The first-order valence-corrected chi connectivity index (χ1v) is 7.49. The molecule has 2 atom stereocenters. The molecule has 0 aliphatic carbocycles. The molecule has 112 valence electrons. The Morgan fingerprint density at radius 3 is 2.57 bits per heavy atom. The number of amides is 1. The van der Waals surface area contributed by atoms with E-state index in [1.165, 1.54) is 5.56 Å². The molecule has 0 bridgehead atoms. The summed E-state index contributed by atoms with van der Waals surface area (Å²) in [6.07, 6.45) is 0.190. The number of aryl methyl sites for hydroxylation is 2. The molecule has 1 amide bonds. The lowest BCUT2D eigenvalue weighted by Gasteiger charge is -2.35. The third-order valence-corrected chi connectivity index (χ3v) is 4.26. The van der Waals surface area contributed by atoms with Crippen molar-refractivity contribution in [2.45, 2.75) is 39.9 Å². The van der Waals surface area contributed by atoms with Crippen molar-refractivity contribution in [2.24, 2.45) is 0 Å². The number of hydrogen-bond acceptors (Lipinski definition) is 2. The van der Waals surface area contributed by atoms with Gasteiger partial charge in [-0.25, -0.2) is 0 Å². The van der Waals surface area contributed by atoms with Crippen LogP contribution < -0.4 is 0 Å². The number of H-pyrrole nitrogens is 1. The summed E-state index contributed by atoms with van der Waals surface area (Å²) in [5, 5.41) is 1.13. The molecular weight excluding hydrogens is 264 g/mol. The van der Waals surface area contributed by atoms with E-state index in [4.69, 9.17) is 4.74 Å². The molecule has 3 rings (SSSR count). The maximum Gasteiger partial charge on any atom is 0.254 e. The topological polar surface area (TPSA) is 45.3 Å². The Kier molecular flexibility index (Phi) is 3.49. The number of aromatic amines is 1. The van der Waals surface area contributed by atoms with Gasteiger partial charge in [0.1, 0.15) is 0 Å². The van der Waals surface area contributed by atoms with Crippen molar-refractivity contribution < 1.29 is 9.53 Å². The van der Waals surface area contributed by atoms with E-state index in [1.54, 1.807) is 0 Å². The van der Waals surface area contributed by atoms with Crippen molar-refractivity contribution >= 4 is 16.8 Å². The van der Waals surface area contributed by atoms with E-state index in [0.29, 0.717) is 13.1 Å². The van der Waals surface area contributed by atoms with Gasteiger partial charge in [-0.15, -0.1) is 0 Å². The number of carbonyl (C=O) groups excluding carboxylic acids is 1. The molecule has 1 fully saturated rings. The first-order chi connectivity index (χ1) is 9.95. The van der Waals surface area contributed by atoms with Crippen molar-refractivity contribution in [3.8, 4) is 0 Å². The molecule has 2 aromatic rings. The number of aromatic nitrogens is 1. The molecular formula is C17H22N2O2. The standard InChI is InChI=1S/C17H22N2O2/c1-10-8-19(9-11(2)21-10)17(20)14-5-6-16-15(7-14)12(3)13(4)18-16/h5-7,10-11,18H,8-9H2,1-4H3/t10-,11+. The van der Waals surface area contributed by atoms with Crippen LogP contribution in [0.15, 0.2) is 18.2 Å². The molecule has 0 saturated carbocycles. The number of ether oxygens (including phenoxy) is 1. The highest BCUT2D eigenvalue weighted by Crippen LogP contribution is 2.23. The van der Waals surface area contributed by atoms with Crippen LogP contribution in [0.4, 0.5) is 0 Å². The molecule has 1 aromatic carbocycles. The van der Waals surface area contributed by atoms with Crippen molar-refractivity contribution in [2.75, 3.05) is 13.1 Å². The molecule has 1 saturated heterocycles. The maximum absolute atomic E-state index is 12.7. The Labute approximate surface area is 125 Å². The Bertz CT molecular complexity index is 679. The monoisotopic (exact) mass is 286 g/mol. The fourth-order valence-electron chi connectivity index (χ4n) is 3.12. The summed E-state index contributed by atoms with van der Waals surface area (Å²) in [6.45, 7) is 9.49. The Morgan fingerprint density at radius 2 is 1.90 bits per heavy atom. The summed E-state index contributed by atoms with van der Waals surface area (Å²) in [5.41, 5.74) is 4.21. The van der Waals surface area contributed by atoms with Gasteiger partial charge in [0.15, 0.2) is 0 Å². The van der Waals surface area contributed by atoms with Crippen molar-refractivity contribution in [1.82, 2.24) is 9.88 Å². The average molecular weight is 286 g/mol. The number of hydrogen-bond donors (Lipinski definition) is 1. The van der Waals surface area contributed by atoms with E-state index >= 15 is 0 Å². The molecule has 0 spiro atoms. The first kappa shape index (κ1) is 14.1. The van der Waals surface area contributed by atoms with E-state index in [-0.39, 0.29) is 18.1 Å². The lowest BCUT2D eigenvalue weighted by molar-refractivity contribution is -0.0586. The zero-order valence-electron chi connectivity index (χ0n) is 13.1. The van der Waals surface area contributed by atoms with Crippen LogP contribution in [0.1, 0.15) is 35.5 Å². The molecule has 1 aromatic heterocycles. The van der Waals surface area contributed by atoms with Gasteiger partial charge in [-0.05, 0) is 51.5 Å². The van der Waals surface area contributed by atoms with Gasteiger partial charge in [0.2, 0.25) is 0 Å². The number of benzene rings is 1. The number of fused-ring (bicyclic) bond motifs is 1. The smallest absolute Gasteiger partial charge is 0.254 e. The van der Waals surface area contributed by atoms with Crippen LogP contribution in [0.5, 0.6) is 0 Å². The Morgan fingerprint density at radius 1 is 1.24 bits per heavy atom. The van der Waals surface area contributed by atoms with Crippen LogP contribution in [0, 0.1) is 13.8 Å². The normalized spacial score (nSPS) is 22.8. The first-order valence-electron chi connectivity index (χ1n) is 7.49. The highest BCUT2D eigenvalue weighted by Gasteiger charge is 2.26. The van der Waals surface area contributed by atoms with Gasteiger partial charge in [0.05, 0.1) is 12.2 Å². The van der Waals surface area contributed by atoms with Crippen molar-refractivity contribution in [3.05, 3.63) is 35.0 Å². The zero-order chi connectivity index (χ0) is 15.1. The molecule has 0 radical (unpaired) electrons. The number of carbonyl (C=O) groups is 1. The van der Waals surface area contributed by atoms with E-state index in [2.05, 4.69) is 18.8 Å². The van der Waals surface area contributed by atoms with Gasteiger partial charge in [-0.3, -0.25) is 4.79 Å². The average Bonchev–Trinajstić information content (AvgIpc) is 2.72. The van der Waals surface area contributed by atoms with Crippen LogP contribution in [-0.2, 0) is 4.74 Å². The fourth-order valence-corrected chi connectivity index (χ4v) is 3.12. The van der Waals surface area contributed by atoms with Crippen molar-refractivity contribution in [1.29, 1.82) is 0 Å². The molecule has 1 aliphatic rings. The summed E-state index contributed by atoms with van der Waals surface area (Å²) in [5.74, 6) is 0.0946. The second-order valence-electron chi connectivity index (χ2n) is 6.10. The van der Waals surface area contributed by atoms with Gasteiger partial charge in [0, 0.05) is 35.2 Å². The maximum atomic E-state index is 12.7. The second-order valence-corrected chi connectivity index (χ2v) is 6.10. The highest BCUT2D eigenvalue weighted by molar-refractivity contribution is 5.99. The summed E-state index contributed by atoms with van der Waals surface area (Å²) in [6, 6.07) is 5.90. The summed E-state index contributed by atoms with van der Waals surface area (Å²) >= 11 is 0. The van der Waals surface area contributed by atoms with E-state index < -0.39 is 0 Å². The minimum Gasteiger partial charge on any atom is -0.372 e. The van der Waals surface area contributed by atoms with Crippen LogP contribution >= 0.6 is 0 Å². The summed E-state index contributed by atoms with van der Waals surface area (Å²) in [7, 11) is 0. The SMILES string of the molecule is Cc1[nH]c2ccc(C(=O)N3C[C@@H](C)O[C@@H](C)C3)cc2c1C. The van der Waals surface area contributed by atoms with Gasteiger partial charge >= 0.3 is 0 Å². The lowest BCUT2D eigenvalue weighted by atomic mass is 10.1. The Balaban J connectivity index is 1.92. The van der Waals surface area contributed by atoms with E-state index in [0.717, 1.165) is 22.2 Å². The minimum absolute atomic E-state index is 0.0946. The van der Waals surface area contributed by atoms with Crippen LogP contribution in [0.25, 0.3) is 10.9 Å². The Hall–Kier alpha value is -1.81. The third kappa shape index (κ3) is 2.56. The quantitative estimate of drug-likeness (QED) is 0.876. The number of nitrogens with zero attached hydrogens (tertiary/aromatic N) is 1. The van der Waals surface area contributed by atoms with Gasteiger partial charge in [-0.2, -0.15) is 0 Å². The lowest BCUT2D eigenvalue weighted by Crippen LogP contribution is -2.48. The van der Waals surface area contributed by atoms with Gasteiger partial charge < -0.3 is 14.6 Å². The largest absolute Gasteiger partial charge is 0.372 e. The minimum atomic E-state index is 0.0946. The third-order valence-electron chi connectivity index (χ3n) is 4.26. The van der Waals surface area contributed by atoms with Crippen molar-refractivity contribution in [3.63, 3.8) is 0 Å². The summed E-state index contributed by atoms with van der Waals surface area (Å²) < 4.78 is 5.70. The predicted molar refractivity (Wildman–Crippen MR) is 83.7 cm³/mol. The van der Waals surface area contributed by atoms with Crippen LogP contribution in [0.2, 0.25) is 0 Å². The molecule has 21 heavy (non-hydrogen) atoms. The second kappa shape index (κ2) is 5.19. The molecule has 4 nitrogen and oxygen atoms in total. The molecule has 4 heteroatoms. The van der Waals surface area contributed by atoms with Gasteiger partial charge in [-0.1, -0.05) is 0 Å². The van der Waals surface area contributed by atoms with Crippen LogP contribution in [-0.4, -0.2) is 41.1 Å².